The smallest absolute Gasteiger partial charge is 0.372 e. The molecule has 0 aliphatic rings. The van der Waals surface area contributed by atoms with E-state index < -0.39 is 12.6 Å². The Hall–Kier alpha value is -1.07. The highest BCUT2D eigenvalue weighted by Crippen LogP contribution is 2.22. The van der Waals surface area contributed by atoms with E-state index in [2.05, 4.69) is 5.32 Å². The number of benzene rings is 1. The van der Waals surface area contributed by atoms with Gasteiger partial charge in [-0.1, -0.05) is 30.3 Å². The lowest BCUT2D eigenvalue weighted by molar-refractivity contribution is -0.138. The second kappa shape index (κ2) is 7.38. The quantitative estimate of drug-likeness (QED) is 0.760. The van der Waals surface area contributed by atoms with Crippen LogP contribution in [0.25, 0.3) is 0 Å². The van der Waals surface area contributed by atoms with Gasteiger partial charge in [-0.2, -0.15) is 13.2 Å². The third-order valence-corrected chi connectivity index (χ3v) is 2.48. The zero-order valence-electron chi connectivity index (χ0n) is 10.3. The van der Waals surface area contributed by atoms with E-state index in [0.29, 0.717) is 6.54 Å². The lowest BCUT2D eigenvalue weighted by Gasteiger charge is -2.18. The van der Waals surface area contributed by atoms with Crippen LogP contribution in [0, 0.1) is 0 Å². The first kappa shape index (κ1) is 15.0. The summed E-state index contributed by atoms with van der Waals surface area (Å²) < 4.78 is 41.5. The molecule has 1 unspecified atom stereocenters. The summed E-state index contributed by atoms with van der Waals surface area (Å²) in [6, 6.07) is 9.48. The highest BCUT2D eigenvalue weighted by Gasteiger charge is 2.26. The fourth-order valence-corrected chi connectivity index (χ4v) is 1.62. The number of likely N-dealkylation sites (N-methyl/N-ethyl adjacent to an activating group) is 1. The average molecular weight is 261 g/mol. The number of nitrogens with one attached hydrogen (secondary N) is 1. The first-order valence-corrected chi connectivity index (χ1v) is 5.91. The molecule has 2 nitrogen and oxygen atoms in total. The Balaban J connectivity index is 2.40. The van der Waals surface area contributed by atoms with Gasteiger partial charge in [0.25, 0.3) is 0 Å². The van der Waals surface area contributed by atoms with Crippen LogP contribution < -0.4 is 5.32 Å². The van der Waals surface area contributed by atoms with Gasteiger partial charge in [-0.3, -0.25) is 0 Å². The summed E-state index contributed by atoms with van der Waals surface area (Å²) in [5.74, 6) is 0. The highest BCUT2D eigenvalue weighted by atomic mass is 19.4. The molecule has 1 atom stereocenters. The summed E-state index contributed by atoms with van der Waals surface area (Å²) in [4.78, 5) is 0. The van der Waals surface area contributed by atoms with Crippen molar-refractivity contribution in [3.8, 4) is 0 Å². The maximum Gasteiger partial charge on any atom is 0.389 e. The zero-order chi connectivity index (χ0) is 13.4. The predicted octanol–water partition coefficient (Wildman–Crippen LogP) is 3.31. The molecule has 0 saturated carbocycles. The van der Waals surface area contributed by atoms with Gasteiger partial charge >= 0.3 is 6.18 Å². The van der Waals surface area contributed by atoms with Crippen molar-refractivity contribution >= 4 is 0 Å². The molecule has 0 radical (unpaired) electrons. The third kappa shape index (κ3) is 6.02. The van der Waals surface area contributed by atoms with Gasteiger partial charge in [0, 0.05) is 19.6 Å². The van der Waals surface area contributed by atoms with Gasteiger partial charge in [-0.05, 0) is 19.0 Å². The molecule has 0 amide bonds. The van der Waals surface area contributed by atoms with Crippen molar-refractivity contribution in [2.24, 2.45) is 0 Å². The SMILES string of the molecule is CNCC(OCCCC(F)(F)F)c1ccccc1. The average Bonchev–Trinajstić information content (AvgIpc) is 2.33. The predicted molar refractivity (Wildman–Crippen MR) is 64.4 cm³/mol. The van der Waals surface area contributed by atoms with E-state index in [-0.39, 0.29) is 19.1 Å². The van der Waals surface area contributed by atoms with Crippen molar-refractivity contribution in [2.45, 2.75) is 25.1 Å². The zero-order valence-corrected chi connectivity index (χ0v) is 10.3. The van der Waals surface area contributed by atoms with Gasteiger partial charge in [0.15, 0.2) is 0 Å². The van der Waals surface area contributed by atoms with Crippen molar-refractivity contribution in [3.63, 3.8) is 0 Å². The van der Waals surface area contributed by atoms with Crippen LogP contribution in [-0.4, -0.2) is 26.4 Å². The van der Waals surface area contributed by atoms with Crippen LogP contribution in [0.4, 0.5) is 13.2 Å². The van der Waals surface area contributed by atoms with Crippen LogP contribution in [-0.2, 0) is 4.74 Å². The molecule has 1 rings (SSSR count). The van der Waals surface area contributed by atoms with Crippen LogP contribution >= 0.6 is 0 Å². The molecule has 0 aromatic heterocycles. The molecule has 0 spiro atoms. The summed E-state index contributed by atoms with van der Waals surface area (Å²) >= 11 is 0. The molecular formula is C13H18F3NO. The summed E-state index contributed by atoms with van der Waals surface area (Å²) in [5.41, 5.74) is 0.971. The van der Waals surface area contributed by atoms with E-state index >= 15 is 0 Å². The molecule has 1 aromatic carbocycles. The number of halogens is 3. The highest BCUT2D eigenvalue weighted by molar-refractivity contribution is 5.17. The van der Waals surface area contributed by atoms with E-state index in [1.165, 1.54) is 0 Å². The van der Waals surface area contributed by atoms with Crippen molar-refractivity contribution in [3.05, 3.63) is 35.9 Å². The molecule has 0 saturated heterocycles. The normalized spacial score (nSPS) is 13.6. The number of hydrogen-bond donors (Lipinski definition) is 1. The number of rotatable bonds is 7. The molecule has 0 bridgehead atoms. The van der Waals surface area contributed by atoms with Gasteiger partial charge in [0.1, 0.15) is 0 Å². The number of ether oxygens (including phenoxy) is 1. The fraction of sp³-hybridized carbons (Fsp3) is 0.538. The van der Waals surface area contributed by atoms with Crippen LogP contribution in [0.1, 0.15) is 24.5 Å². The lowest BCUT2D eigenvalue weighted by Crippen LogP contribution is -2.20. The Bertz CT molecular complexity index is 327. The van der Waals surface area contributed by atoms with E-state index in [0.717, 1.165) is 5.56 Å². The lowest BCUT2D eigenvalue weighted by atomic mass is 10.1. The van der Waals surface area contributed by atoms with E-state index in [1.54, 1.807) is 7.05 Å². The van der Waals surface area contributed by atoms with E-state index in [9.17, 15) is 13.2 Å². The van der Waals surface area contributed by atoms with Crippen LogP contribution in [0.5, 0.6) is 0 Å². The van der Waals surface area contributed by atoms with Crippen LogP contribution in [0.3, 0.4) is 0 Å². The Morgan fingerprint density at radius 3 is 2.44 bits per heavy atom. The number of hydrogen-bond acceptors (Lipinski definition) is 2. The maximum atomic E-state index is 12.0. The second-order valence-corrected chi connectivity index (χ2v) is 4.05. The van der Waals surface area contributed by atoms with Crippen LogP contribution in [0.2, 0.25) is 0 Å². The Labute approximate surface area is 105 Å². The fourth-order valence-electron chi connectivity index (χ4n) is 1.62. The first-order chi connectivity index (χ1) is 8.53. The van der Waals surface area contributed by atoms with Crippen molar-refractivity contribution in [1.82, 2.24) is 5.32 Å². The molecule has 0 aliphatic carbocycles. The van der Waals surface area contributed by atoms with E-state index in [1.807, 2.05) is 30.3 Å². The molecular weight excluding hydrogens is 243 g/mol. The second-order valence-electron chi connectivity index (χ2n) is 4.05. The van der Waals surface area contributed by atoms with Gasteiger partial charge in [0.05, 0.1) is 6.10 Å². The van der Waals surface area contributed by atoms with Crippen molar-refractivity contribution < 1.29 is 17.9 Å². The first-order valence-electron chi connectivity index (χ1n) is 5.91. The summed E-state index contributed by atoms with van der Waals surface area (Å²) in [6.45, 7) is 0.691. The molecule has 5 heteroatoms. The molecule has 1 aromatic rings. The Morgan fingerprint density at radius 1 is 1.22 bits per heavy atom. The van der Waals surface area contributed by atoms with Crippen molar-refractivity contribution in [1.29, 1.82) is 0 Å². The molecule has 0 aliphatic heterocycles. The summed E-state index contributed by atoms with van der Waals surface area (Å²) in [7, 11) is 1.79. The van der Waals surface area contributed by atoms with Crippen molar-refractivity contribution in [2.75, 3.05) is 20.2 Å². The minimum absolute atomic E-state index is 0.00342. The Kier molecular flexibility index (Phi) is 6.15. The van der Waals surface area contributed by atoms with Gasteiger partial charge in [-0.25, -0.2) is 0 Å². The largest absolute Gasteiger partial charge is 0.389 e. The molecule has 18 heavy (non-hydrogen) atoms. The number of alkyl halides is 3. The third-order valence-electron chi connectivity index (χ3n) is 2.48. The molecule has 0 heterocycles. The monoisotopic (exact) mass is 261 g/mol. The van der Waals surface area contributed by atoms with Gasteiger partial charge in [-0.15, -0.1) is 0 Å². The minimum atomic E-state index is -4.10. The molecule has 102 valence electrons. The molecule has 0 fully saturated rings. The van der Waals surface area contributed by atoms with Crippen LogP contribution in [0.15, 0.2) is 30.3 Å². The van der Waals surface area contributed by atoms with Gasteiger partial charge in [0.2, 0.25) is 0 Å². The Morgan fingerprint density at radius 2 is 1.89 bits per heavy atom. The maximum absolute atomic E-state index is 12.0. The van der Waals surface area contributed by atoms with Gasteiger partial charge < -0.3 is 10.1 Å². The van der Waals surface area contributed by atoms with E-state index in [4.69, 9.17) is 4.74 Å². The summed E-state index contributed by atoms with van der Waals surface area (Å²) in [5, 5.41) is 2.98. The standard InChI is InChI=1S/C13H18F3NO/c1-17-10-12(11-6-3-2-4-7-11)18-9-5-8-13(14,15)16/h2-4,6-7,12,17H,5,8-10H2,1H3. The topological polar surface area (TPSA) is 21.3 Å². The summed E-state index contributed by atoms with van der Waals surface area (Å²) in [6.07, 6.45) is -5.11. The molecule has 1 N–H and O–H groups in total. The minimum Gasteiger partial charge on any atom is -0.372 e.